The van der Waals surface area contributed by atoms with Crippen molar-refractivity contribution in [3.63, 3.8) is 0 Å². The van der Waals surface area contributed by atoms with Crippen molar-refractivity contribution in [1.82, 2.24) is 0 Å². The lowest BCUT2D eigenvalue weighted by atomic mass is 9.78. The molecule has 2 atom stereocenters. The highest BCUT2D eigenvalue weighted by molar-refractivity contribution is 6.67. The molecule has 1 aliphatic carbocycles. The third-order valence-corrected chi connectivity index (χ3v) is 6.31. The monoisotopic (exact) mass is 448 g/mol. The van der Waals surface area contributed by atoms with Crippen LogP contribution in [0.15, 0.2) is 47.6 Å². The molecule has 0 spiro atoms. The summed E-state index contributed by atoms with van der Waals surface area (Å²) in [6.45, 7) is 10.2. The molecule has 1 saturated carbocycles. The van der Waals surface area contributed by atoms with Crippen molar-refractivity contribution < 1.29 is 9.90 Å². The number of carbonyl (C=O) groups is 1. The molecule has 0 saturated heterocycles. The summed E-state index contributed by atoms with van der Waals surface area (Å²) in [5.74, 6) is 0.657. The molecule has 2 aromatic rings. The van der Waals surface area contributed by atoms with Crippen LogP contribution in [-0.4, -0.2) is 22.4 Å². The second-order valence-corrected chi connectivity index (χ2v) is 10.2. The Kier molecular flexibility index (Phi) is 7.57. The summed E-state index contributed by atoms with van der Waals surface area (Å²) in [5.41, 5.74) is 5.99. The Morgan fingerprint density at radius 2 is 1.82 bits per heavy atom. The molecule has 0 aliphatic heterocycles. The van der Waals surface area contributed by atoms with E-state index in [9.17, 15) is 9.90 Å². The van der Waals surface area contributed by atoms with Gasteiger partial charge in [-0.05, 0) is 66.3 Å². The predicted octanol–water partition coefficient (Wildman–Crippen LogP) is 6.43. The highest BCUT2D eigenvalue weighted by Crippen LogP contribution is 2.41. The smallest absolute Gasteiger partial charge is 0.277 e. The molecule has 176 valence electrons. The fraction of sp³-hybridized carbons (Fsp3) is 0.444. The van der Waals surface area contributed by atoms with Crippen molar-refractivity contribution in [2.24, 2.45) is 11.0 Å². The molecule has 4 N–H and O–H groups in total. The van der Waals surface area contributed by atoms with Crippen LogP contribution in [-0.2, 0) is 10.2 Å². The van der Waals surface area contributed by atoms with Crippen LogP contribution < -0.4 is 10.7 Å². The maximum atomic E-state index is 12.8. The Labute approximate surface area is 197 Å². The van der Waals surface area contributed by atoms with E-state index in [4.69, 9.17) is 5.41 Å². The Hall–Kier alpha value is -3.15. The van der Waals surface area contributed by atoms with E-state index >= 15 is 0 Å². The SMILES string of the molecule is CC(=N)/C(=N/Nc1cccc(C2CCCC(C)C2)c1O)C(=O)Nc1ccc(C(C)(C)C)cc1. The summed E-state index contributed by atoms with van der Waals surface area (Å²) in [5, 5.41) is 25.9. The van der Waals surface area contributed by atoms with Gasteiger partial charge in [-0.25, -0.2) is 0 Å². The summed E-state index contributed by atoms with van der Waals surface area (Å²) in [6.07, 6.45) is 4.51. The van der Waals surface area contributed by atoms with Crippen molar-refractivity contribution in [3.05, 3.63) is 53.6 Å². The van der Waals surface area contributed by atoms with Crippen LogP contribution in [0, 0.1) is 11.3 Å². The van der Waals surface area contributed by atoms with Gasteiger partial charge in [-0.2, -0.15) is 5.10 Å². The van der Waals surface area contributed by atoms with Gasteiger partial charge in [0.05, 0.1) is 11.4 Å². The summed E-state index contributed by atoms with van der Waals surface area (Å²) >= 11 is 0. The topological polar surface area (TPSA) is 97.6 Å². The fourth-order valence-corrected chi connectivity index (χ4v) is 4.36. The van der Waals surface area contributed by atoms with E-state index in [1.807, 2.05) is 36.4 Å². The second-order valence-electron chi connectivity index (χ2n) is 10.2. The zero-order chi connectivity index (χ0) is 24.2. The molecule has 33 heavy (non-hydrogen) atoms. The molecule has 0 heterocycles. The third kappa shape index (κ3) is 6.21. The normalized spacial score (nSPS) is 19.1. The number of hydrogen-bond donors (Lipinski definition) is 4. The Morgan fingerprint density at radius 1 is 1.12 bits per heavy atom. The number of aromatic hydroxyl groups is 1. The van der Waals surface area contributed by atoms with E-state index < -0.39 is 5.91 Å². The van der Waals surface area contributed by atoms with Crippen LogP contribution in [0.2, 0.25) is 0 Å². The van der Waals surface area contributed by atoms with Crippen molar-refractivity contribution >= 4 is 28.7 Å². The molecule has 1 amide bonds. The number of benzene rings is 2. The largest absolute Gasteiger partial charge is 0.505 e. The van der Waals surface area contributed by atoms with E-state index in [0.717, 1.165) is 24.8 Å². The molecule has 0 bridgehead atoms. The van der Waals surface area contributed by atoms with Gasteiger partial charge in [0.25, 0.3) is 5.91 Å². The molecule has 0 aromatic heterocycles. The molecule has 6 nitrogen and oxygen atoms in total. The second kappa shape index (κ2) is 10.2. The van der Waals surface area contributed by atoms with Gasteiger partial charge in [-0.15, -0.1) is 0 Å². The minimum Gasteiger partial charge on any atom is -0.505 e. The number of hydrazone groups is 1. The van der Waals surface area contributed by atoms with Crippen LogP contribution in [0.25, 0.3) is 0 Å². The van der Waals surface area contributed by atoms with Crippen LogP contribution in [0.5, 0.6) is 5.75 Å². The molecule has 0 radical (unpaired) electrons. The molecule has 2 aromatic carbocycles. The van der Waals surface area contributed by atoms with Gasteiger partial charge in [-0.3, -0.25) is 10.2 Å². The summed E-state index contributed by atoms with van der Waals surface area (Å²) in [4.78, 5) is 12.8. The first-order valence-electron chi connectivity index (χ1n) is 11.7. The molecule has 2 unspecified atom stereocenters. The average molecular weight is 449 g/mol. The molecule has 6 heteroatoms. The summed E-state index contributed by atoms with van der Waals surface area (Å²) < 4.78 is 0. The first-order chi connectivity index (χ1) is 15.6. The first-order valence-corrected chi connectivity index (χ1v) is 11.7. The Morgan fingerprint density at radius 3 is 2.42 bits per heavy atom. The van der Waals surface area contributed by atoms with Crippen LogP contribution in [0.1, 0.15) is 77.3 Å². The van der Waals surface area contributed by atoms with Crippen molar-refractivity contribution in [2.45, 2.75) is 71.6 Å². The van der Waals surface area contributed by atoms with Gasteiger partial charge >= 0.3 is 0 Å². The lowest BCUT2D eigenvalue weighted by Gasteiger charge is -2.27. The first kappa shape index (κ1) is 24.5. The minimum absolute atomic E-state index is 0.0246. The van der Waals surface area contributed by atoms with Crippen LogP contribution in [0.3, 0.4) is 0 Å². The van der Waals surface area contributed by atoms with Crippen molar-refractivity contribution in [1.29, 1.82) is 5.41 Å². The van der Waals surface area contributed by atoms with Crippen molar-refractivity contribution in [2.75, 3.05) is 10.7 Å². The number of carbonyl (C=O) groups excluding carboxylic acids is 1. The standard InChI is InChI=1S/C27H36N4O2/c1-17-8-6-9-19(16-17)22-10-7-11-23(25(22)32)30-31-24(18(2)28)26(33)29-21-14-12-20(13-15-21)27(3,4)5/h7,10-15,17,19,28,30,32H,6,8-9,16H2,1-5H3,(H,29,33)/b28-18?,31-24-. The van der Waals surface area contributed by atoms with E-state index in [-0.39, 0.29) is 22.6 Å². The minimum atomic E-state index is -0.477. The van der Waals surface area contributed by atoms with Crippen LogP contribution >= 0.6 is 0 Å². The Balaban J connectivity index is 1.75. The number of nitrogens with one attached hydrogen (secondary N) is 3. The van der Waals surface area contributed by atoms with E-state index in [1.165, 1.54) is 18.9 Å². The number of phenols is 1. The van der Waals surface area contributed by atoms with Gasteiger partial charge < -0.3 is 15.8 Å². The maximum Gasteiger partial charge on any atom is 0.277 e. The zero-order valence-corrected chi connectivity index (χ0v) is 20.3. The lowest BCUT2D eigenvalue weighted by molar-refractivity contribution is -0.110. The van der Waals surface area contributed by atoms with E-state index in [2.05, 4.69) is 43.5 Å². The average Bonchev–Trinajstić information content (AvgIpc) is 2.74. The Bertz CT molecular complexity index is 1040. The number of phenolic OH excluding ortho intramolecular Hbond substituents is 1. The maximum absolute atomic E-state index is 12.8. The number of anilines is 2. The highest BCUT2D eigenvalue weighted by Gasteiger charge is 2.24. The fourth-order valence-electron chi connectivity index (χ4n) is 4.36. The number of amides is 1. The number of hydrogen-bond acceptors (Lipinski definition) is 5. The molecule has 1 fully saturated rings. The molecular formula is C27H36N4O2. The highest BCUT2D eigenvalue weighted by atomic mass is 16.3. The van der Waals surface area contributed by atoms with Crippen molar-refractivity contribution in [3.8, 4) is 5.75 Å². The van der Waals surface area contributed by atoms with Gasteiger partial charge in [0.2, 0.25) is 0 Å². The molecule has 3 rings (SSSR count). The van der Waals surface area contributed by atoms with E-state index in [0.29, 0.717) is 23.2 Å². The summed E-state index contributed by atoms with van der Waals surface area (Å²) in [6, 6.07) is 13.3. The molecular weight excluding hydrogens is 412 g/mol. The number of para-hydroxylation sites is 1. The van der Waals surface area contributed by atoms with Gasteiger partial charge in [-0.1, -0.05) is 64.8 Å². The van der Waals surface area contributed by atoms with Crippen LogP contribution in [0.4, 0.5) is 11.4 Å². The number of rotatable bonds is 6. The number of nitrogens with zero attached hydrogens (tertiary/aromatic N) is 1. The van der Waals surface area contributed by atoms with Gasteiger partial charge in [0, 0.05) is 5.69 Å². The quantitative estimate of drug-likeness (QED) is 0.233. The van der Waals surface area contributed by atoms with Gasteiger partial charge in [0.1, 0.15) is 5.75 Å². The predicted molar refractivity (Wildman–Crippen MR) is 137 cm³/mol. The van der Waals surface area contributed by atoms with E-state index in [1.54, 1.807) is 6.07 Å². The summed E-state index contributed by atoms with van der Waals surface area (Å²) in [7, 11) is 0. The lowest BCUT2D eigenvalue weighted by Crippen LogP contribution is -2.29. The zero-order valence-electron chi connectivity index (χ0n) is 20.3. The third-order valence-electron chi connectivity index (χ3n) is 6.31. The molecule has 1 aliphatic rings. The van der Waals surface area contributed by atoms with Gasteiger partial charge in [0.15, 0.2) is 5.71 Å².